The van der Waals surface area contributed by atoms with Gasteiger partial charge in [-0.05, 0) is 18.9 Å². The fraction of sp³-hybridized carbons (Fsp3) is 0.500. The third-order valence-corrected chi connectivity index (χ3v) is 3.06. The van der Waals surface area contributed by atoms with Crippen LogP contribution >= 0.6 is 0 Å². The van der Waals surface area contributed by atoms with Gasteiger partial charge >= 0.3 is 5.97 Å². The Labute approximate surface area is 115 Å². The SMILES string of the molecule is CCCCCCCCC=Cc1cccnc1C(=O)O. The van der Waals surface area contributed by atoms with E-state index in [0.717, 1.165) is 6.42 Å². The highest BCUT2D eigenvalue weighted by molar-refractivity contribution is 5.89. The van der Waals surface area contributed by atoms with E-state index in [4.69, 9.17) is 5.11 Å². The summed E-state index contributed by atoms with van der Waals surface area (Å²) in [6, 6.07) is 3.55. The first-order valence-electron chi connectivity index (χ1n) is 7.10. The average Bonchev–Trinajstić information content (AvgIpc) is 2.42. The summed E-state index contributed by atoms with van der Waals surface area (Å²) in [7, 11) is 0. The van der Waals surface area contributed by atoms with Gasteiger partial charge in [-0.3, -0.25) is 0 Å². The first-order chi connectivity index (χ1) is 9.25. The highest BCUT2D eigenvalue weighted by atomic mass is 16.4. The second-order valence-electron chi connectivity index (χ2n) is 4.71. The monoisotopic (exact) mass is 261 g/mol. The molecule has 0 aliphatic heterocycles. The van der Waals surface area contributed by atoms with Crippen molar-refractivity contribution in [2.24, 2.45) is 0 Å². The molecule has 3 nitrogen and oxygen atoms in total. The number of aromatic nitrogens is 1. The van der Waals surface area contributed by atoms with Crippen molar-refractivity contribution in [3.8, 4) is 0 Å². The third kappa shape index (κ3) is 6.18. The molecule has 1 N–H and O–H groups in total. The fourth-order valence-corrected chi connectivity index (χ4v) is 1.98. The summed E-state index contributed by atoms with van der Waals surface area (Å²) < 4.78 is 0. The van der Waals surface area contributed by atoms with Gasteiger partial charge in [-0.25, -0.2) is 9.78 Å². The zero-order valence-corrected chi connectivity index (χ0v) is 11.6. The van der Waals surface area contributed by atoms with E-state index in [9.17, 15) is 4.79 Å². The molecule has 0 aromatic carbocycles. The largest absolute Gasteiger partial charge is 0.476 e. The van der Waals surface area contributed by atoms with E-state index in [1.54, 1.807) is 12.1 Å². The zero-order chi connectivity index (χ0) is 13.9. The molecule has 1 rings (SSSR count). The lowest BCUT2D eigenvalue weighted by Crippen LogP contribution is -2.02. The van der Waals surface area contributed by atoms with Crippen LogP contribution in [0.4, 0.5) is 0 Å². The van der Waals surface area contributed by atoms with Gasteiger partial charge in [0, 0.05) is 11.8 Å². The highest BCUT2D eigenvalue weighted by Crippen LogP contribution is 2.11. The molecular weight excluding hydrogens is 238 g/mol. The van der Waals surface area contributed by atoms with Crippen LogP contribution in [0.1, 0.15) is 67.9 Å². The number of hydrogen-bond donors (Lipinski definition) is 1. The Morgan fingerprint density at radius 1 is 1.26 bits per heavy atom. The summed E-state index contributed by atoms with van der Waals surface area (Å²) >= 11 is 0. The summed E-state index contributed by atoms with van der Waals surface area (Å²) in [4.78, 5) is 14.8. The minimum absolute atomic E-state index is 0.127. The number of carboxylic acids is 1. The molecule has 104 valence electrons. The van der Waals surface area contributed by atoms with E-state index in [1.165, 1.54) is 44.7 Å². The molecule has 0 atom stereocenters. The molecule has 0 bridgehead atoms. The van der Waals surface area contributed by atoms with E-state index in [0.29, 0.717) is 5.56 Å². The van der Waals surface area contributed by atoms with Crippen molar-refractivity contribution in [1.82, 2.24) is 4.98 Å². The van der Waals surface area contributed by atoms with E-state index < -0.39 is 5.97 Å². The van der Waals surface area contributed by atoms with Crippen molar-refractivity contribution in [3.63, 3.8) is 0 Å². The number of aromatic carboxylic acids is 1. The molecule has 0 amide bonds. The van der Waals surface area contributed by atoms with Gasteiger partial charge in [-0.1, -0.05) is 57.2 Å². The molecule has 0 saturated heterocycles. The van der Waals surface area contributed by atoms with Crippen molar-refractivity contribution < 1.29 is 9.90 Å². The van der Waals surface area contributed by atoms with Crippen molar-refractivity contribution >= 4 is 12.0 Å². The van der Waals surface area contributed by atoms with Gasteiger partial charge in [0.25, 0.3) is 0 Å². The van der Waals surface area contributed by atoms with Crippen LogP contribution in [0.2, 0.25) is 0 Å². The van der Waals surface area contributed by atoms with E-state index in [1.807, 2.05) is 12.2 Å². The van der Waals surface area contributed by atoms with Gasteiger partial charge in [0.1, 0.15) is 0 Å². The molecule has 0 saturated carbocycles. The number of rotatable bonds is 9. The lowest BCUT2D eigenvalue weighted by atomic mass is 10.1. The molecule has 0 unspecified atom stereocenters. The Morgan fingerprint density at radius 3 is 2.74 bits per heavy atom. The number of pyridine rings is 1. The minimum atomic E-state index is -0.972. The number of carboxylic acid groups (broad SMARTS) is 1. The summed E-state index contributed by atoms with van der Waals surface area (Å²) in [6.07, 6.45) is 14.1. The molecule has 0 fully saturated rings. The summed E-state index contributed by atoms with van der Waals surface area (Å²) in [5.41, 5.74) is 0.808. The van der Waals surface area contributed by atoms with Crippen LogP contribution in [-0.2, 0) is 0 Å². The molecule has 0 aliphatic carbocycles. The first kappa shape index (κ1) is 15.4. The van der Waals surface area contributed by atoms with Gasteiger partial charge in [-0.15, -0.1) is 0 Å². The Balaban J connectivity index is 2.31. The van der Waals surface area contributed by atoms with Crippen molar-refractivity contribution in [2.75, 3.05) is 0 Å². The maximum Gasteiger partial charge on any atom is 0.355 e. The third-order valence-electron chi connectivity index (χ3n) is 3.06. The van der Waals surface area contributed by atoms with Crippen molar-refractivity contribution in [2.45, 2.75) is 51.9 Å². The molecule has 0 spiro atoms. The van der Waals surface area contributed by atoms with Crippen LogP contribution in [0.25, 0.3) is 6.08 Å². The summed E-state index contributed by atoms with van der Waals surface area (Å²) in [6.45, 7) is 2.22. The average molecular weight is 261 g/mol. The fourth-order valence-electron chi connectivity index (χ4n) is 1.98. The van der Waals surface area contributed by atoms with Crippen LogP contribution in [0.3, 0.4) is 0 Å². The van der Waals surface area contributed by atoms with Crippen LogP contribution in [0.15, 0.2) is 24.4 Å². The van der Waals surface area contributed by atoms with Crippen molar-refractivity contribution in [1.29, 1.82) is 0 Å². The standard InChI is InChI=1S/C16H23NO2/c1-2-3-4-5-6-7-8-9-11-14-12-10-13-17-15(14)16(18)19/h9-13H,2-8H2,1H3,(H,18,19). The molecule has 1 aromatic heterocycles. The normalized spacial score (nSPS) is 11.0. The first-order valence-corrected chi connectivity index (χ1v) is 7.10. The lowest BCUT2D eigenvalue weighted by molar-refractivity contribution is 0.0690. The number of allylic oxidation sites excluding steroid dienone is 1. The van der Waals surface area contributed by atoms with Gasteiger partial charge in [0.15, 0.2) is 5.69 Å². The van der Waals surface area contributed by atoms with Crippen molar-refractivity contribution in [3.05, 3.63) is 35.7 Å². The number of carbonyl (C=O) groups is 1. The molecule has 3 heteroatoms. The smallest absolute Gasteiger partial charge is 0.355 e. The van der Waals surface area contributed by atoms with Gasteiger partial charge in [0.05, 0.1) is 0 Å². The van der Waals surface area contributed by atoms with Gasteiger partial charge in [-0.2, -0.15) is 0 Å². The maximum absolute atomic E-state index is 11.0. The minimum Gasteiger partial charge on any atom is -0.476 e. The molecular formula is C16H23NO2. The van der Waals surface area contributed by atoms with Crippen LogP contribution in [0, 0.1) is 0 Å². The number of unbranched alkanes of at least 4 members (excludes halogenated alkanes) is 6. The molecule has 1 heterocycles. The van der Waals surface area contributed by atoms with E-state index in [2.05, 4.69) is 11.9 Å². The molecule has 0 aliphatic rings. The predicted molar refractivity (Wildman–Crippen MR) is 78.2 cm³/mol. The van der Waals surface area contributed by atoms with Crippen LogP contribution < -0.4 is 0 Å². The van der Waals surface area contributed by atoms with Gasteiger partial charge < -0.3 is 5.11 Å². The van der Waals surface area contributed by atoms with E-state index in [-0.39, 0.29) is 5.69 Å². The number of hydrogen-bond acceptors (Lipinski definition) is 2. The molecule has 0 radical (unpaired) electrons. The second kappa shape index (κ2) is 9.31. The summed E-state index contributed by atoms with van der Waals surface area (Å²) in [5.74, 6) is -0.972. The Hall–Kier alpha value is -1.64. The molecule has 19 heavy (non-hydrogen) atoms. The van der Waals surface area contributed by atoms with Crippen LogP contribution in [-0.4, -0.2) is 16.1 Å². The maximum atomic E-state index is 11.0. The predicted octanol–water partition coefficient (Wildman–Crippen LogP) is 4.54. The zero-order valence-electron chi connectivity index (χ0n) is 11.6. The quantitative estimate of drug-likeness (QED) is 0.664. The second-order valence-corrected chi connectivity index (χ2v) is 4.71. The highest BCUT2D eigenvalue weighted by Gasteiger charge is 2.07. The summed E-state index contributed by atoms with van der Waals surface area (Å²) in [5, 5.41) is 8.99. The Bertz CT molecular complexity index is 413. The molecule has 1 aromatic rings. The van der Waals surface area contributed by atoms with Crippen LogP contribution in [0.5, 0.6) is 0 Å². The lowest BCUT2D eigenvalue weighted by Gasteiger charge is -1.99. The van der Waals surface area contributed by atoms with Gasteiger partial charge in [0.2, 0.25) is 0 Å². The Morgan fingerprint density at radius 2 is 2.00 bits per heavy atom. The number of nitrogens with zero attached hydrogens (tertiary/aromatic N) is 1. The van der Waals surface area contributed by atoms with E-state index >= 15 is 0 Å². The Kier molecular flexibility index (Phi) is 7.56. The topological polar surface area (TPSA) is 50.2 Å².